The molecule has 0 aliphatic carbocycles. The molecule has 3 rings (SSSR count). The second kappa shape index (κ2) is 6.89. The number of carbonyl (C=O) groups is 1. The number of benzene rings is 1. The van der Waals surface area contributed by atoms with Crippen LogP contribution >= 0.6 is 0 Å². The van der Waals surface area contributed by atoms with E-state index in [0.29, 0.717) is 32.2 Å². The molecule has 23 heavy (non-hydrogen) atoms. The number of nitrogens with one attached hydrogen (secondary N) is 1. The number of amides is 2. The van der Waals surface area contributed by atoms with Gasteiger partial charge in [0.15, 0.2) is 5.79 Å². The van der Waals surface area contributed by atoms with Crippen molar-refractivity contribution in [3.63, 3.8) is 0 Å². The molecule has 1 saturated heterocycles. The summed E-state index contributed by atoms with van der Waals surface area (Å²) in [4.78, 5) is 14.3. The summed E-state index contributed by atoms with van der Waals surface area (Å²) in [6.07, 6.45) is 1.72. The molecule has 1 N–H and O–H groups in total. The van der Waals surface area contributed by atoms with E-state index in [-0.39, 0.29) is 6.03 Å². The lowest BCUT2D eigenvalue weighted by atomic mass is 10.00. The first-order valence-corrected chi connectivity index (χ1v) is 8.43. The minimum atomic E-state index is -0.492. The second-order valence-electron chi connectivity index (χ2n) is 6.77. The number of nitrogens with zero attached hydrogens (tertiary/aromatic N) is 1. The fraction of sp³-hybridized carbons (Fsp3) is 0.611. The molecule has 126 valence electrons. The van der Waals surface area contributed by atoms with E-state index in [4.69, 9.17) is 9.47 Å². The summed E-state index contributed by atoms with van der Waals surface area (Å²) >= 11 is 0. The molecule has 0 saturated carbocycles. The number of hydrogen-bond donors (Lipinski definition) is 1. The Morgan fingerprint density at radius 3 is 2.74 bits per heavy atom. The van der Waals surface area contributed by atoms with Gasteiger partial charge in [0, 0.05) is 26.1 Å². The van der Waals surface area contributed by atoms with E-state index >= 15 is 0 Å². The molecule has 0 bridgehead atoms. The molecule has 0 aromatic heterocycles. The van der Waals surface area contributed by atoms with Crippen molar-refractivity contribution in [2.24, 2.45) is 5.92 Å². The molecule has 2 aliphatic heterocycles. The first-order valence-electron chi connectivity index (χ1n) is 8.43. The number of fused-ring (bicyclic) bond motifs is 1. The summed E-state index contributed by atoms with van der Waals surface area (Å²) in [6, 6.07) is 8.36. The summed E-state index contributed by atoms with van der Waals surface area (Å²) in [5.74, 6) is -0.187. The van der Waals surface area contributed by atoms with Gasteiger partial charge in [-0.3, -0.25) is 0 Å². The first-order chi connectivity index (χ1) is 11.1. The van der Waals surface area contributed by atoms with E-state index in [2.05, 4.69) is 30.4 Å². The molecular weight excluding hydrogens is 292 g/mol. The lowest BCUT2D eigenvalue weighted by molar-refractivity contribution is -0.153. The summed E-state index contributed by atoms with van der Waals surface area (Å²) in [7, 11) is 0. The minimum Gasteiger partial charge on any atom is -0.348 e. The highest BCUT2D eigenvalue weighted by atomic mass is 16.7. The van der Waals surface area contributed by atoms with E-state index in [0.717, 1.165) is 19.4 Å². The van der Waals surface area contributed by atoms with E-state index < -0.39 is 5.79 Å². The topological polar surface area (TPSA) is 50.8 Å². The summed E-state index contributed by atoms with van der Waals surface area (Å²) in [6.45, 7) is 7.51. The van der Waals surface area contributed by atoms with Crippen molar-refractivity contribution in [3.05, 3.63) is 35.4 Å². The fourth-order valence-corrected chi connectivity index (χ4v) is 3.42. The average Bonchev–Trinajstić information content (AvgIpc) is 2.98. The van der Waals surface area contributed by atoms with E-state index in [1.54, 1.807) is 0 Å². The number of rotatable bonds is 4. The Balaban J connectivity index is 1.46. The minimum absolute atomic E-state index is 0.0183. The zero-order valence-electron chi connectivity index (χ0n) is 14.0. The molecule has 0 unspecified atom stereocenters. The molecule has 0 spiro atoms. The van der Waals surface area contributed by atoms with Crippen molar-refractivity contribution >= 4 is 6.03 Å². The largest absolute Gasteiger partial charge is 0.348 e. The predicted molar refractivity (Wildman–Crippen MR) is 88.0 cm³/mol. The normalized spacial score (nSPS) is 20.9. The van der Waals surface area contributed by atoms with E-state index in [1.165, 1.54) is 11.1 Å². The SMILES string of the molecule is C[C@H](CNC(=O)N1CCc2ccccc2C1)CC1(C)OCCO1. The summed E-state index contributed by atoms with van der Waals surface area (Å²) < 4.78 is 11.3. The van der Waals surface area contributed by atoms with Crippen molar-refractivity contribution in [2.75, 3.05) is 26.3 Å². The van der Waals surface area contributed by atoms with Crippen LogP contribution in [0.1, 0.15) is 31.4 Å². The van der Waals surface area contributed by atoms with Gasteiger partial charge < -0.3 is 19.7 Å². The monoisotopic (exact) mass is 318 g/mol. The van der Waals surface area contributed by atoms with Gasteiger partial charge in [-0.15, -0.1) is 0 Å². The lowest BCUT2D eigenvalue weighted by Gasteiger charge is -2.30. The van der Waals surface area contributed by atoms with Crippen molar-refractivity contribution in [2.45, 2.75) is 39.0 Å². The Bertz CT molecular complexity index is 555. The zero-order valence-corrected chi connectivity index (χ0v) is 14.0. The van der Waals surface area contributed by atoms with Gasteiger partial charge in [-0.1, -0.05) is 31.2 Å². The number of ether oxygens (including phenoxy) is 2. The average molecular weight is 318 g/mol. The Morgan fingerprint density at radius 1 is 1.30 bits per heavy atom. The van der Waals surface area contributed by atoms with Crippen molar-refractivity contribution in [1.82, 2.24) is 10.2 Å². The molecule has 0 radical (unpaired) electrons. The zero-order chi connectivity index (χ0) is 16.3. The number of hydrogen-bond acceptors (Lipinski definition) is 3. The van der Waals surface area contributed by atoms with Gasteiger partial charge >= 0.3 is 6.03 Å². The molecule has 2 amide bonds. The third-order valence-corrected chi connectivity index (χ3v) is 4.64. The predicted octanol–water partition coefficient (Wildman–Crippen LogP) is 2.54. The van der Waals surface area contributed by atoms with Gasteiger partial charge in [0.2, 0.25) is 0 Å². The van der Waals surface area contributed by atoms with Crippen LogP contribution in [-0.4, -0.2) is 43.0 Å². The third-order valence-electron chi connectivity index (χ3n) is 4.64. The number of carbonyl (C=O) groups excluding carboxylic acids is 1. The van der Waals surface area contributed by atoms with Gasteiger partial charge in [0.25, 0.3) is 0 Å². The van der Waals surface area contributed by atoms with Crippen LogP contribution in [0.3, 0.4) is 0 Å². The highest BCUT2D eigenvalue weighted by Crippen LogP contribution is 2.26. The Kier molecular flexibility index (Phi) is 4.87. The maximum absolute atomic E-state index is 12.4. The quantitative estimate of drug-likeness (QED) is 0.928. The van der Waals surface area contributed by atoms with Gasteiger partial charge in [0.1, 0.15) is 0 Å². The Labute approximate surface area is 137 Å². The maximum Gasteiger partial charge on any atom is 0.317 e. The smallest absolute Gasteiger partial charge is 0.317 e. The van der Waals surface area contributed by atoms with Crippen LogP contribution in [0.15, 0.2) is 24.3 Å². The lowest BCUT2D eigenvalue weighted by Crippen LogP contribution is -2.44. The van der Waals surface area contributed by atoms with Crippen molar-refractivity contribution in [1.29, 1.82) is 0 Å². The van der Waals surface area contributed by atoms with Crippen LogP contribution in [0.5, 0.6) is 0 Å². The van der Waals surface area contributed by atoms with Crippen LogP contribution in [-0.2, 0) is 22.4 Å². The Morgan fingerprint density at radius 2 is 2.00 bits per heavy atom. The van der Waals surface area contributed by atoms with Crippen molar-refractivity contribution < 1.29 is 14.3 Å². The Hall–Kier alpha value is -1.59. The first kappa shape index (κ1) is 16.3. The molecule has 2 heterocycles. The van der Waals surface area contributed by atoms with Crippen LogP contribution in [0.2, 0.25) is 0 Å². The van der Waals surface area contributed by atoms with Crippen LogP contribution in [0.4, 0.5) is 4.79 Å². The van der Waals surface area contributed by atoms with Gasteiger partial charge in [-0.05, 0) is 30.4 Å². The van der Waals surface area contributed by atoms with Gasteiger partial charge in [-0.2, -0.15) is 0 Å². The number of urea groups is 1. The molecule has 1 atom stereocenters. The molecule has 5 nitrogen and oxygen atoms in total. The van der Waals surface area contributed by atoms with Crippen LogP contribution in [0.25, 0.3) is 0 Å². The van der Waals surface area contributed by atoms with Crippen LogP contribution < -0.4 is 5.32 Å². The van der Waals surface area contributed by atoms with Crippen LogP contribution in [0, 0.1) is 5.92 Å². The molecular formula is C18H26N2O3. The van der Waals surface area contributed by atoms with E-state index in [9.17, 15) is 4.79 Å². The molecule has 5 heteroatoms. The molecule has 1 aromatic carbocycles. The second-order valence-corrected chi connectivity index (χ2v) is 6.77. The standard InChI is InChI=1S/C18H26N2O3/c1-14(11-18(2)22-9-10-23-18)12-19-17(21)20-8-7-15-5-3-4-6-16(15)13-20/h3-6,14H,7-13H2,1-2H3,(H,19,21)/t14-/m0/s1. The van der Waals surface area contributed by atoms with Crippen molar-refractivity contribution in [3.8, 4) is 0 Å². The highest BCUT2D eigenvalue weighted by molar-refractivity contribution is 5.74. The molecule has 1 aromatic rings. The van der Waals surface area contributed by atoms with E-state index in [1.807, 2.05) is 17.9 Å². The fourth-order valence-electron chi connectivity index (χ4n) is 3.42. The molecule has 2 aliphatic rings. The van der Waals surface area contributed by atoms with Gasteiger partial charge in [0.05, 0.1) is 13.2 Å². The highest BCUT2D eigenvalue weighted by Gasteiger charge is 2.32. The van der Waals surface area contributed by atoms with Gasteiger partial charge in [-0.25, -0.2) is 4.79 Å². The third kappa shape index (κ3) is 4.03. The molecule has 1 fully saturated rings. The summed E-state index contributed by atoms with van der Waals surface area (Å²) in [5.41, 5.74) is 2.61. The summed E-state index contributed by atoms with van der Waals surface area (Å²) in [5, 5.41) is 3.05. The maximum atomic E-state index is 12.4.